The van der Waals surface area contributed by atoms with Crippen molar-refractivity contribution in [3.63, 3.8) is 0 Å². The minimum absolute atomic E-state index is 0. The number of halogens is 2. The third-order valence-corrected chi connectivity index (χ3v) is 3.13. The van der Waals surface area contributed by atoms with Gasteiger partial charge in [-0.1, -0.05) is 0 Å². The number of aryl methyl sites for hydroxylation is 2. The van der Waals surface area contributed by atoms with Crippen molar-refractivity contribution in [2.45, 2.75) is 20.4 Å². The van der Waals surface area contributed by atoms with Gasteiger partial charge in [0.15, 0.2) is 0 Å². The summed E-state index contributed by atoms with van der Waals surface area (Å²) in [6, 6.07) is 3.57. The summed E-state index contributed by atoms with van der Waals surface area (Å²) in [6.45, 7) is 4.93. The molecule has 82 valence electrons. The van der Waals surface area contributed by atoms with Crippen molar-refractivity contribution in [1.29, 1.82) is 0 Å². The molecule has 5 heteroatoms. The minimum Gasteiger partial charge on any atom is -0.507 e. The topological polar surface area (TPSA) is 38.0 Å². The highest BCUT2D eigenvalue weighted by Gasteiger charge is 2.11. The summed E-state index contributed by atoms with van der Waals surface area (Å²) in [6.07, 6.45) is 0. The van der Waals surface area contributed by atoms with E-state index in [1.165, 1.54) is 0 Å². The highest BCUT2D eigenvalue weighted by atomic mass is 79.9. The van der Waals surface area contributed by atoms with Crippen molar-refractivity contribution in [2.24, 2.45) is 0 Å². The van der Waals surface area contributed by atoms with Gasteiger partial charge in [-0.15, -0.1) is 17.0 Å². The Hall–Kier alpha value is -0.550. The molecule has 0 bridgehead atoms. The van der Waals surface area contributed by atoms with Crippen LogP contribution in [0.5, 0.6) is 5.75 Å². The monoisotopic (exact) mass is 334 g/mol. The Bertz CT molecular complexity index is 494. The molecule has 0 saturated carbocycles. The first-order valence-corrected chi connectivity index (χ1v) is 5.28. The highest BCUT2D eigenvalue weighted by molar-refractivity contribution is 9.10. The second kappa shape index (κ2) is 4.53. The van der Waals surface area contributed by atoms with Crippen molar-refractivity contribution in [3.05, 3.63) is 22.4 Å². The van der Waals surface area contributed by atoms with E-state index >= 15 is 0 Å². The van der Waals surface area contributed by atoms with E-state index in [1.807, 2.05) is 13.0 Å². The summed E-state index contributed by atoms with van der Waals surface area (Å²) in [7, 11) is 0. The fourth-order valence-electron chi connectivity index (χ4n) is 1.66. The molecular formula is C10H12Br2N2O. The van der Waals surface area contributed by atoms with Crippen LogP contribution in [0.25, 0.3) is 11.0 Å². The van der Waals surface area contributed by atoms with E-state index in [0.29, 0.717) is 4.47 Å². The Balaban J connectivity index is 0.00000112. The molecule has 0 atom stereocenters. The predicted molar refractivity (Wildman–Crippen MR) is 69.8 cm³/mol. The fourth-order valence-corrected chi connectivity index (χ4v) is 2.09. The van der Waals surface area contributed by atoms with E-state index in [4.69, 9.17) is 0 Å². The zero-order chi connectivity index (χ0) is 10.3. The molecule has 15 heavy (non-hydrogen) atoms. The predicted octanol–water partition coefficient (Wildman–Crippen LogP) is 3.41. The molecule has 0 radical (unpaired) electrons. The molecule has 0 amide bonds. The van der Waals surface area contributed by atoms with Gasteiger partial charge in [0.25, 0.3) is 0 Å². The molecule has 0 saturated heterocycles. The smallest absolute Gasteiger partial charge is 0.132 e. The summed E-state index contributed by atoms with van der Waals surface area (Å²) in [5.74, 6) is 1.20. The summed E-state index contributed by atoms with van der Waals surface area (Å²) >= 11 is 3.33. The molecule has 0 aliphatic carbocycles. The number of nitrogens with zero attached hydrogens (tertiary/aromatic N) is 2. The molecule has 0 aliphatic rings. The van der Waals surface area contributed by atoms with E-state index in [2.05, 4.69) is 32.4 Å². The maximum Gasteiger partial charge on any atom is 0.132 e. The van der Waals surface area contributed by atoms with Crippen LogP contribution in [0.1, 0.15) is 12.7 Å². The Labute approximate surface area is 107 Å². The number of phenolic OH excluding ortho intramolecular Hbond substituents is 1. The van der Waals surface area contributed by atoms with E-state index in [0.717, 1.165) is 23.4 Å². The fraction of sp³-hybridized carbons (Fsp3) is 0.300. The van der Waals surface area contributed by atoms with E-state index < -0.39 is 0 Å². The first kappa shape index (κ1) is 12.5. The molecule has 0 fully saturated rings. The first-order valence-electron chi connectivity index (χ1n) is 4.49. The molecule has 1 aromatic carbocycles. The second-order valence-electron chi connectivity index (χ2n) is 3.17. The summed E-state index contributed by atoms with van der Waals surface area (Å²) in [5, 5.41) is 9.49. The molecular weight excluding hydrogens is 324 g/mol. The Morgan fingerprint density at radius 3 is 2.73 bits per heavy atom. The Kier molecular flexibility index (Phi) is 3.78. The summed E-state index contributed by atoms with van der Waals surface area (Å²) in [4.78, 5) is 4.40. The molecule has 0 spiro atoms. The van der Waals surface area contributed by atoms with Gasteiger partial charge in [0.05, 0.1) is 9.99 Å². The third-order valence-electron chi connectivity index (χ3n) is 2.35. The lowest BCUT2D eigenvalue weighted by Gasteiger charge is -2.02. The molecule has 1 aromatic heterocycles. The van der Waals surface area contributed by atoms with Gasteiger partial charge in [0, 0.05) is 6.54 Å². The van der Waals surface area contributed by atoms with Crippen molar-refractivity contribution in [3.8, 4) is 5.75 Å². The van der Waals surface area contributed by atoms with Crippen LogP contribution in [0.15, 0.2) is 16.6 Å². The van der Waals surface area contributed by atoms with Crippen LogP contribution < -0.4 is 0 Å². The van der Waals surface area contributed by atoms with Crippen LogP contribution in [0, 0.1) is 6.92 Å². The van der Waals surface area contributed by atoms with Crippen molar-refractivity contribution < 1.29 is 5.11 Å². The van der Waals surface area contributed by atoms with Gasteiger partial charge in [0.1, 0.15) is 17.1 Å². The lowest BCUT2D eigenvalue weighted by atomic mass is 10.3. The van der Waals surface area contributed by atoms with Gasteiger partial charge >= 0.3 is 0 Å². The molecule has 1 heterocycles. The maximum atomic E-state index is 9.49. The highest BCUT2D eigenvalue weighted by Crippen LogP contribution is 2.31. The number of hydrogen-bond acceptors (Lipinski definition) is 2. The van der Waals surface area contributed by atoms with E-state index in [1.54, 1.807) is 6.07 Å². The largest absolute Gasteiger partial charge is 0.507 e. The van der Waals surface area contributed by atoms with Crippen LogP contribution in [0.4, 0.5) is 0 Å². The van der Waals surface area contributed by atoms with Gasteiger partial charge in [-0.3, -0.25) is 0 Å². The lowest BCUT2D eigenvalue weighted by Crippen LogP contribution is -1.95. The number of benzene rings is 1. The number of rotatable bonds is 1. The molecule has 0 unspecified atom stereocenters. The summed E-state index contributed by atoms with van der Waals surface area (Å²) in [5.41, 5.74) is 1.87. The van der Waals surface area contributed by atoms with E-state index in [9.17, 15) is 5.11 Å². The normalized spacial score (nSPS) is 10.3. The number of fused-ring (bicyclic) bond motifs is 1. The molecule has 3 nitrogen and oxygen atoms in total. The van der Waals surface area contributed by atoms with Crippen molar-refractivity contribution >= 4 is 43.9 Å². The molecule has 0 aliphatic heterocycles. The second-order valence-corrected chi connectivity index (χ2v) is 3.96. The Morgan fingerprint density at radius 1 is 1.47 bits per heavy atom. The number of hydrogen-bond donors (Lipinski definition) is 1. The lowest BCUT2D eigenvalue weighted by molar-refractivity contribution is 0.473. The molecule has 2 aromatic rings. The maximum absolute atomic E-state index is 9.49. The van der Waals surface area contributed by atoms with Crippen LogP contribution >= 0.6 is 32.9 Å². The van der Waals surface area contributed by atoms with Crippen LogP contribution in [-0.2, 0) is 6.54 Å². The first-order chi connectivity index (χ1) is 6.65. The third kappa shape index (κ3) is 1.90. The van der Waals surface area contributed by atoms with E-state index in [-0.39, 0.29) is 22.7 Å². The van der Waals surface area contributed by atoms with Crippen molar-refractivity contribution in [1.82, 2.24) is 9.55 Å². The zero-order valence-electron chi connectivity index (χ0n) is 8.49. The van der Waals surface area contributed by atoms with Crippen LogP contribution in [-0.4, -0.2) is 14.7 Å². The van der Waals surface area contributed by atoms with Gasteiger partial charge in [-0.2, -0.15) is 0 Å². The minimum atomic E-state index is 0. The van der Waals surface area contributed by atoms with Gasteiger partial charge in [-0.05, 0) is 41.9 Å². The Morgan fingerprint density at radius 2 is 2.13 bits per heavy atom. The number of imidazole rings is 1. The quantitative estimate of drug-likeness (QED) is 0.867. The van der Waals surface area contributed by atoms with Crippen LogP contribution in [0.3, 0.4) is 0 Å². The average Bonchev–Trinajstić information content (AvgIpc) is 2.49. The van der Waals surface area contributed by atoms with Crippen molar-refractivity contribution in [2.75, 3.05) is 0 Å². The molecule has 1 N–H and O–H groups in total. The zero-order valence-corrected chi connectivity index (χ0v) is 11.8. The van der Waals surface area contributed by atoms with Crippen LogP contribution in [0.2, 0.25) is 0 Å². The number of aromatic hydroxyl groups is 1. The van der Waals surface area contributed by atoms with Gasteiger partial charge in [-0.25, -0.2) is 4.98 Å². The van der Waals surface area contributed by atoms with Gasteiger partial charge < -0.3 is 9.67 Å². The average molecular weight is 336 g/mol. The SMILES string of the molecule is Br.CCn1c(C)nc2c(Br)c(O)ccc21. The van der Waals surface area contributed by atoms with Gasteiger partial charge in [0.2, 0.25) is 0 Å². The number of phenols is 1. The summed E-state index contributed by atoms with van der Waals surface area (Å²) < 4.78 is 2.78. The molecule has 2 rings (SSSR count). The number of aromatic nitrogens is 2. The standard InChI is InChI=1S/C10H11BrN2O.BrH/c1-3-13-6(2)12-10-7(13)4-5-8(14)9(10)11;/h4-5,14H,3H2,1-2H3;1H.